The van der Waals surface area contributed by atoms with Gasteiger partial charge in [0.1, 0.15) is 0 Å². The molecular weight excluding hydrogens is 274 g/mol. The van der Waals surface area contributed by atoms with E-state index in [-0.39, 0.29) is 5.04 Å². The summed E-state index contributed by atoms with van der Waals surface area (Å²) in [5.74, 6) is 0.627. The molecule has 0 saturated carbocycles. The molecule has 0 heterocycles. The number of allylic oxidation sites excluding steroid dienone is 1. The Balaban J connectivity index is 4.98. The van der Waals surface area contributed by atoms with Gasteiger partial charge in [-0.05, 0) is 63.2 Å². The lowest BCUT2D eigenvalue weighted by atomic mass is 9.90. The molecule has 0 aromatic heterocycles. The van der Waals surface area contributed by atoms with Crippen LogP contribution >= 0.6 is 0 Å². The Morgan fingerprint density at radius 1 is 1.24 bits per heavy atom. The lowest BCUT2D eigenvalue weighted by Crippen LogP contribution is -2.45. The summed E-state index contributed by atoms with van der Waals surface area (Å²) < 4.78 is 6.76. The Bertz CT molecular complexity index is 307. The van der Waals surface area contributed by atoms with E-state index < -0.39 is 8.32 Å². The number of rotatable bonds is 10. The first kappa shape index (κ1) is 20.9. The smallest absolute Gasteiger partial charge is 0.192 e. The maximum atomic E-state index is 6.76. The fourth-order valence-electron chi connectivity index (χ4n) is 2.37. The summed E-state index contributed by atoms with van der Waals surface area (Å²) in [6.45, 7) is 20.9. The monoisotopic (exact) mass is 313 g/mol. The van der Waals surface area contributed by atoms with Gasteiger partial charge in [-0.2, -0.15) is 0 Å². The second-order valence-corrected chi connectivity index (χ2v) is 12.8. The molecule has 0 fully saturated rings. The van der Waals surface area contributed by atoms with Crippen LogP contribution in [-0.4, -0.2) is 21.0 Å². The van der Waals surface area contributed by atoms with Crippen LogP contribution < -0.4 is 5.73 Å². The van der Waals surface area contributed by atoms with Crippen molar-refractivity contribution in [2.45, 2.75) is 91.0 Å². The summed E-state index contributed by atoms with van der Waals surface area (Å²) in [7, 11) is -1.72. The van der Waals surface area contributed by atoms with Crippen LogP contribution in [0.4, 0.5) is 0 Å². The molecule has 0 aliphatic carbocycles. The Morgan fingerprint density at radius 2 is 1.81 bits per heavy atom. The number of hydrogen-bond donors (Lipinski definition) is 1. The fraction of sp³-hybridized carbons (Fsp3) is 0.889. The molecule has 0 aliphatic heterocycles. The molecule has 0 amide bonds. The quantitative estimate of drug-likeness (QED) is 0.427. The summed E-state index contributed by atoms with van der Waals surface area (Å²) in [6, 6.07) is 0. The van der Waals surface area contributed by atoms with E-state index in [0.717, 1.165) is 25.8 Å². The average molecular weight is 314 g/mol. The highest BCUT2D eigenvalue weighted by molar-refractivity contribution is 6.74. The second-order valence-electron chi connectivity index (χ2n) is 8.01. The van der Waals surface area contributed by atoms with Gasteiger partial charge in [0.15, 0.2) is 8.32 Å². The minimum Gasteiger partial charge on any atom is -0.414 e. The lowest BCUT2D eigenvalue weighted by molar-refractivity contribution is 0.0999. The van der Waals surface area contributed by atoms with E-state index in [1.165, 1.54) is 18.4 Å². The maximum absolute atomic E-state index is 6.76. The molecule has 0 bridgehead atoms. The molecule has 21 heavy (non-hydrogen) atoms. The Morgan fingerprint density at radius 3 is 2.19 bits per heavy atom. The normalized spacial score (nSPS) is 15.8. The standard InChI is InChI=1S/C18H39NOSi/c1-9-16(11-10-14-19)17(13-12-15(2)3)20-21(7,8)18(4,5)6/h16-17H,2,9-14,19H2,1,3-8H3/t16-,17-/m1/s1. The van der Waals surface area contributed by atoms with Crippen LogP contribution in [0.15, 0.2) is 12.2 Å². The second kappa shape index (κ2) is 9.11. The number of nitrogens with two attached hydrogens (primary N) is 1. The molecule has 0 radical (unpaired) electrons. The van der Waals surface area contributed by atoms with E-state index in [9.17, 15) is 0 Å². The summed E-state index contributed by atoms with van der Waals surface area (Å²) in [5, 5.41) is 0.265. The van der Waals surface area contributed by atoms with Crippen LogP contribution in [0.5, 0.6) is 0 Å². The van der Waals surface area contributed by atoms with Gasteiger partial charge in [-0.25, -0.2) is 0 Å². The van der Waals surface area contributed by atoms with E-state index in [4.69, 9.17) is 10.2 Å². The first-order valence-electron chi connectivity index (χ1n) is 8.57. The topological polar surface area (TPSA) is 35.2 Å². The van der Waals surface area contributed by atoms with Crippen LogP contribution in [0.1, 0.15) is 66.7 Å². The molecule has 0 rings (SSSR count). The zero-order chi connectivity index (χ0) is 16.7. The van der Waals surface area contributed by atoms with Crippen molar-refractivity contribution in [3.05, 3.63) is 12.2 Å². The Hall–Kier alpha value is -0.123. The van der Waals surface area contributed by atoms with E-state index in [1.54, 1.807) is 0 Å². The van der Waals surface area contributed by atoms with Crippen molar-refractivity contribution in [2.24, 2.45) is 11.7 Å². The van der Waals surface area contributed by atoms with Crippen molar-refractivity contribution < 1.29 is 4.43 Å². The van der Waals surface area contributed by atoms with Gasteiger partial charge in [-0.1, -0.05) is 39.7 Å². The third-order valence-electron chi connectivity index (χ3n) is 4.94. The highest BCUT2D eigenvalue weighted by Gasteiger charge is 2.40. The molecule has 2 atom stereocenters. The molecule has 0 aromatic carbocycles. The minimum absolute atomic E-state index is 0.265. The van der Waals surface area contributed by atoms with Gasteiger partial charge in [-0.3, -0.25) is 0 Å². The predicted octanol–water partition coefficient (Wildman–Crippen LogP) is 5.50. The van der Waals surface area contributed by atoms with Crippen molar-refractivity contribution in [1.29, 1.82) is 0 Å². The largest absolute Gasteiger partial charge is 0.414 e. The van der Waals surface area contributed by atoms with Crippen LogP contribution in [0.2, 0.25) is 18.1 Å². The SMILES string of the molecule is C=C(C)CC[C@@H](O[Si](C)(C)C(C)(C)C)[C@H](CC)CCCN. The summed E-state index contributed by atoms with van der Waals surface area (Å²) >= 11 is 0. The van der Waals surface area contributed by atoms with Crippen molar-refractivity contribution in [1.82, 2.24) is 0 Å². The van der Waals surface area contributed by atoms with Crippen molar-refractivity contribution in [3.8, 4) is 0 Å². The lowest BCUT2D eigenvalue weighted by Gasteiger charge is -2.41. The molecule has 0 aliphatic rings. The molecule has 2 N–H and O–H groups in total. The van der Waals surface area contributed by atoms with Crippen molar-refractivity contribution in [3.63, 3.8) is 0 Å². The van der Waals surface area contributed by atoms with E-state index in [0.29, 0.717) is 12.0 Å². The summed E-state index contributed by atoms with van der Waals surface area (Å²) in [5.41, 5.74) is 6.96. The number of hydrogen-bond acceptors (Lipinski definition) is 2. The Labute approximate surface area is 134 Å². The van der Waals surface area contributed by atoms with Crippen molar-refractivity contribution in [2.75, 3.05) is 6.54 Å². The van der Waals surface area contributed by atoms with Crippen LogP contribution in [0.25, 0.3) is 0 Å². The third kappa shape index (κ3) is 7.62. The molecular formula is C18H39NOSi. The molecule has 3 heteroatoms. The van der Waals surface area contributed by atoms with Gasteiger partial charge < -0.3 is 10.2 Å². The molecule has 0 spiro atoms. The average Bonchev–Trinajstić information content (AvgIpc) is 2.34. The van der Waals surface area contributed by atoms with E-state index in [2.05, 4.69) is 54.3 Å². The fourth-order valence-corrected chi connectivity index (χ4v) is 3.79. The maximum Gasteiger partial charge on any atom is 0.192 e. The molecule has 0 unspecified atom stereocenters. The van der Waals surface area contributed by atoms with Gasteiger partial charge in [0.2, 0.25) is 0 Å². The molecule has 126 valence electrons. The van der Waals surface area contributed by atoms with Gasteiger partial charge in [0.05, 0.1) is 0 Å². The Kier molecular flexibility index (Phi) is 9.06. The van der Waals surface area contributed by atoms with E-state index >= 15 is 0 Å². The molecule has 2 nitrogen and oxygen atoms in total. The first-order chi connectivity index (χ1) is 9.55. The van der Waals surface area contributed by atoms with Crippen molar-refractivity contribution >= 4 is 8.32 Å². The van der Waals surface area contributed by atoms with Crippen LogP contribution in [-0.2, 0) is 4.43 Å². The highest BCUT2D eigenvalue weighted by atomic mass is 28.4. The summed E-state index contributed by atoms with van der Waals surface area (Å²) in [4.78, 5) is 0. The molecule has 0 saturated heterocycles. The van der Waals surface area contributed by atoms with Gasteiger partial charge in [0.25, 0.3) is 0 Å². The van der Waals surface area contributed by atoms with Gasteiger partial charge in [-0.15, -0.1) is 6.58 Å². The minimum atomic E-state index is -1.72. The predicted molar refractivity (Wildman–Crippen MR) is 98.2 cm³/mol. The van der Waals surface area contributed by atoms with Gasteiger partial charge in [0, 0.05) is 6.10 Å². The van der Waals surface area contributed by atoms with E-state index in [1.807, 2.05) is 0 Å². The van der Waals surface area contributed by atoms with Gasteiger partial charge >= 0.3 is 0 Å². The molecule has 0 aromatic rings. The zero-order valence-corrected chi connectivity index (χ0v) is 16.6. The third-order valence-corrected chi connectivity index (χ3v) is 9.44. The first-order valence-corrected chi connectivity index (χ1v) is 11.5. The highest BCUT2D eigenvalue weighted by Crippen LogP contribution is 2.39. The van der Waals surface area contributed by atoms with Crippen LogP contribution in [0.3, 0.4) is 0 Å². The summed E-state index contributed by atoms with van der Waals surface area (Å²) in [6.07, 6.45) is 5.99. The zero-order valence-electron chi connectivity index (χ0n) is 15.6. The van der Waals surface area contributed by atoms with Crippen LogP contribution in [0, 0.1) is 5.92 Å².